The summed E-state index contributed by atoms with van der Waals surface area (Å²) in [5.41, 5.74) is 8.01. The van der Waals surface area contributed by atoms with E-state index in [1.54, 1.807) is 4.90 Å². The fourth-order valence-electron chi connectivity index (χ4n) is 2.57. The van der Waals surface area contributed by atoms with Gasteiger partial charge in [-0.3, -0.25) is 4.79 Å². The van der Waals surface area contributed by atoms with Crippen molar-refractivity contribution in [2.24, 2.45) is 11.7 Å². The second kappa shape index (κ2) is 5.65. The smallest absolute Gasteiger partial charge is 0.255 e. The Morgan fingerprint density at radius 3 is 2.74 bits per heavy atom. The molecule has 0 unspecified atom stereocenters. The van der Waals surface area contributed by atoms with Gasteiger partial charge in [-0.25, -0.2) is 0 Å². The highest BCUT2D eigenvalue weighted by Gasteiger charge is 2.28. The first-order valence-electron chi connectivity index (χ1n) is 6.85. The molecule has 1 aliphatic carbocycles. The van der Waals surface area contributed by atoms with Gasteiger partial charge in [0.1, 0.15) is 0 Å². The largest absolute Gasteiger partial charge is 0.341 e. The molecule has 0 spiro atoms. The van der Waals surface area contributed by atoms with Crippen molar-refractivity contribution in [3.63, 3.8) is 0 Å². The lowest BCUT2D eigenvalue weighted by atomic mass is 9.80. The lowest BCUT2D eigenvalue weighted by Crippen LogP contribution is -2.43. The van der Waals surface area contributed by atoms with Gasteiger partial charge in [0.15, 0.2) is 0 Å². The first-order chi connectivity index (χ1) is 9.01. The summed E-state index contributed by atoms with van der Waals surface area (Å²) in [4.78, 5) is 14.2. The first kappa shape index (κ1) is 13.9. The summed E-state index contributed by atoms with van der Waals surface area (Å²) in [5.74, 6) is 0.584. The number of hydrogen-bond donors (Lipinski definition) is 1. The molecule has 0 aromatic carbocycles. The topological polar surface area (TPSA) is 72.1 Å². The van der Waals surface area contributed by atoms with Crippen molar-refractivity contribution in [1.29, 1.82) is 0 Å². The third-order valence-corrected chi connectivity index (χ3v) is 3.71. The second-order valence-corrected chi connectivity index (χ2v) is 5.48. The molecule has 5 nitrogen and oxygen atoms in total. The maximum absolute atomic E-state index is 12.5. The van der Waals surface area contributed by atoms with Crippen LogP contribution < -0.4 is 5.73 Å². The van der Waals surface area contributed by atoms with Crippen molar-refractivity contribution >= 4 is 5.91 Å². The van der Waals surface area contributed by atoms with Crippen LogP contribution in [0.3, 0.4) is 0 Å². The molecular formula is C14H22N4O. The van der Waals surface area contributed by atoms with E-state index in [1.807, 2.05) is 27.0 Å². The molecule has 1 amide bonds. The molecular weight excluding hydrogens is 240 g/mol. The van der Waals surface area contributed by atoms with Gasteiger partial charge in [-0.05, 0) is 38.2 Å². The van der Waals surface area contributed by atoms with E-state index in [2.05, 4.69) is 10.2 Å². The summed E-state index contributed by atoms with van der Waals surface area (Å²) in [6.07, 6.45) is 2.76. The Kier molecular flexibility index (Phi) is 4.14. The van der Waals surface area contributed by atoms with Gasteiger partial charge in [-0.15, -0.1) is 0 Å². The molecule has 19 heavy (non-hydrogen) atoms. The van der Waals surface area contributed by atoms with E-state index in [4.69, 9.17) is 5.73 Å². The predicted octanol–water partition coefficient (Wildman–Crippen LogP) is 1.16. The minimum absolute atomic E-state index is 0.0373. The van der Waals surface area contributed by atoms with Gasteiger partial charge in [-0.2, -0.15) is 10.2 Å². The molecule has 1 aromatic heterocycles. The van der Waals surface area contributed by atoms with Gasteiger partial charge in [0.2, 0.25) is 0 Å². The summed E-state index contributed by atoms with van der Waals surface area (Å²) in [5, 5.41) is 8.12. The van der Waals surface area contributed by atoms with E-state index in [9.17, 15) is 4.79 Å². The Morgan fingerprint density at radius 1 is 1.47 bits per heavy atom. The zero-order valence-corrected chi connectivity index (χ0v) is 11.9. The monoisotopic (exact) mass is 262 g/mol. The average Bonchev–Trinajstić information content (AvgIpc) is 2.35. The highest BCUT2D eigenvalue weighted by Crippen LogP contribution is 2.26. The number of carbonyl (C=O) groups is 1. The Hall–Kier alpha value is -1.49. The van der Waals surface area contributed by atoms with Crippen molar-refractivity contribution in [1.82, 2.24) is 15.1 Å². The summed E-state index contributed by atoms with van der Waals surface area (Å²) in [6, 6.07) is 2.15. The van der Waals surface area contributed by atoms with E-state index in [-0.39, 0.29) is 5.91 Å². The van der Waals surface area contributed by atoms with Crippen LogP contribution in [0.5, 0.6) is 0 Å². The van der Waals surface area contributed by atoms with E-state index in [1.165, 1.54) is 0 Å². The van der Waals surface area contributed by atoms with Gasteiger partial charge in [-0.1, -0.05) is 6.92 Å². The lowest BCUT2D eigenvalue weighted by Gasteiger charge is -2.35. The molecule has 5 heteroatoms. The lowest BCUT2D eigenvalue weighted by molar-refractivity contribution is 0.0732. The van der Waals surface area contributed by atoms with Gasteiger partial charge in [0, 0.05) is 19.6 Å². The number of rotatable bonds is 4. The summed E-state index contributed by atoms with van der Waals surface area (Å²) < 4.78 is 0. The van der Waals surface area contributed by atoms with Gasteiger partial charge in [0.25, 0.3) is 5.91 Å². The fraction of sp³-hybridized carbons (Fsp3) is 0.643. The normalized spacial score (nSPS) is 21.9. The standard InChI is InChI=1S/C14H22N4O/c1-4-13-12(5-9(2)16-17-13)14(19)18(3)8-10-6-11(15)7-10/h5,10-11H,4,6-8,15H2,1-3H3. The van der Waals surface area contributed by atoms with Crippen LogP contribution in [0.15, 0.2) is 6.07 Å². The number of aryl methyl sites for hydroxylation is 2. The van der Waals surface area contributed by atoms with Crippen LogP contribution in [0.2, 0.25) is 0 Å². The molecule has 2 N–H and O–H groups in total. The quantitative estimate of drug-likeness (QED) is 0.883. The number of nitrogens with zero attached hydrogens (tertiary/aromatic N) is 3. The number of hydrogen-bond acceptors (Lipinski definition) is 4. The van der Waals surface area contributed by atoms with Crippen molar-refractivity contribution < 1.29 is 4.79 Å². The van der Waals surface area contributed by atoms with E-state index >= 15 is 0 Å². The summed E-state index contributed by atoms with van der Waals surface area (Å²) in [6.45, 7) is 4.62. The van der Waals surface area contributed by atoms with Gasteiger partial charge >= 0.3 is 0 Å². The average molecular weight is 262 g/mol. The zero-order valence-electron chi connectivity index (χ0n) is 11.9. The summed E-state index contributed by atoms with van der Waals surface area (Å²) in [7, 11) is 1.85. The molecule has 0 bridgehead atoms. The first-order valence-corrected chi connectivity index (χ1v) is 6.85. The Morgan fingerprint density at radius 2 is 2.16 bits per heavy atom. The number of aromatic nitrogens is 2. The Bertz CT molecular complexity index is 469. The Labute approximate surface area is 114 Å². The minimum atomic E-state index is 0.0373. The van der Waals surface area contributed by atoms with Crippen molar-refractivity contribution in [2.75, 3.05) is 13.6 Å². The molecule has 1 fully saturated rings. The maximum atomic E-state index is 12.5. The molecule has 0 radical (unpaired) electrons. The highest BCUT2D eigenvalue weighted by atomic mass is 16.2. The molecule has 1 aromatic rings. The molecule has 1 heterocycles. The molecule has 0 aliphatic heterocycles. The summed E-state index contributed by atoms with van der Waals surface area (Å²) >= 11 is 0. The number of amides is 1. The molecule has 2 rings (SSSR count). The van der Waals surface area contributed by atoms with Crippen LogP contribution in [0.25, 0.3) is 0 Å². The molecule has 1 saturated carbocycles. The van der Waals surface area contributed by atoms with Crippen LogP contribution in [0.1, 0.15) is 41.5 Å². The minimum Gasteiger partial charge on any atom is -0.341 e. The van der Waals surface area contributed by atoms with Gasteiger partial charge in [0.05, 0.1) is 17.0 Å². The SMILES string of the molecule is CCc1nnc(C)cc1C(=O)N(C)CC1CC(N)C1. The second-order valence-electron chi connectivity index (χ2n) is 5.48. The van der Waals surface area contributed by atoms with Crippen molar-refractivity contribution in [3.8, 4) is 0 Å². The molecule has 0 atom stereocenters. The van der Waals surface area contributed by atoms with E-state index < -0.39 is 0 Å². The molecule has 1 aliphatic rings. The zero-order chi connectivity index (χ0) is 14.0. The van der Waals surface area contributed by atoms with Crippen LogP contribution >= 0.6 is 0 Å². The molecule has 0 saturated heterocycles. The van der Waals surface area contributed by atoms with E-state index in [0.717, 1.165) is 37.2 Å². The fourth-order valence-corrected chi connectivity index (χ4v) is 2.57. The van der Waals surface area contributed by atoms with Crippen molar-refractivity contribution in [3.05, 3.63) is 23.0 Å². The van der Waals surface area contributed by atoms with Crippen LogP contribution in [0, 0.1) is 12.8 Å². The predicted molar refractivity (Wildman–Crippen MR) is 73.8 cm³/mol. The van der Waals surface area contributed by atoms with Crippen LogP contribution in [-0.2, 0) is 6.42 Å². The molecule has 104 valence electrons. The Balaban J connectivity index is 2.07. The maximum Gasteiger partial charge on any atom is 0.255 e. The van der Waals surface area contributed by atoms with E-state index in [0.29, 0.717) is 17.5 Å². The number of nitrogens with two attached hydrogens (primary N) is 1. The third-order valence-electron chi connectivity index (χ3n) is 3.71. The van der Waals surface area contributed by atoms with Gasteiger partial charge < -0.3 is 10.6 Å². The van der Waals surface area contributed by atoms with Crippen LogP contribution in [-0.4, -0.2) is 40.6 Å². The highest BCUT2D eigenvalue weighted by molar-refractivity contribution is 5.95. The van der Waals surface area contributed by atoms with Crippen LogP contribution in [0.4, 0.5) is 0 Å². The number of carbonyl (C=O) groups excluding carboxylic acids is 1. The third kappa shape index (κ3) is 3.10. The van der Waals surface area contributed by atoms with Crippen molar-refractivity contribution in [2.45, 2.75) is 39.2 Å².